The third-order valence-electron chi connectivity index (χ3n) is 13.9. The summed E-state index contributed by atoms with van der Waals surface area (Å²) in [4.78, 5) is 15.6. The summed E-state index contributed by atoms with van der Waals surface area (Å²) in [6.07, 6.45) is 0. The number of rotatable bonds is 8. The first-order chi connectivity index (χ1) is 34.3. The van der Waals surface area contributed by atoms with Crippen molar-refractivity contribution in [2.45, 2.75) is 5.41 Å². The molecular formula is C63H40N4O2. The average Bonchev–Trinajstić information content (AvgIpc) is 4.21. The second-order valence-electron chi connectivity index (χ2n) is 17.6. The molecule has 0 aliphatic heterocycles. The fourth-order valence-corrected chi connectivity index (χ4v) is 11.1. The minimum absolute atomic E-state index is 0.533. The summed E-state index contributed by atoms with van der Waals surface area (Å²) in [7, 11) is 0. The van der Waals surface area contributed by atoms with Crippen molar-refractivity contribution in [3.8, 4) is 45.2 Å². The molecule has 6 nitrogen and oxygen atoms in total. The van der Waals surface area contributed by atoms with Crippen molar-refractivity contribution in [3.05, 3.63) is 265 Å². The standard InChI is InChI=1S/C63H40N4O2/c1-7-23-41(24-8-1)61-64-57-53(66(43-27-11-3-12-28-43)44-29-13-4-14-30-44)39-51-55(59(57)68-61)56-52(63(51)49-37-21-19-35-47(49)48-36-20-22-38-50(48)63)40-54(58-60(56)69-62(65-58)42-25-9-2-10-26-42)67(45-31-15-5-16-32-45)46-33-17-6-18-34-46/h1-40H. The molecular weight excluding hydrogens is 845 g/mol. The average molecular weight is 885 g/mol. The van der Waals surface area contributed by atoms with Gasteiger partial charge in [0.05, 0.1) is 16.8 Å². The molecule has 69 heavy (non-hydrogen) atoms. The van der Waals surface area contributed by atoms with Crippen LogP contribution in [0.15, 0.2) is 251 Å². The molecule has 10 aromatic carbocycles. The van der Waals surface area contributed by atoms with Gasteiger partial charge < -0.3 is 18.6 Å². The van der Waals surface area contributed by atoms with Gasteiger partial charge in [0.15, 0.2) is 11.2 Å². The van der Waals surface area contributed by atoms with Crippen LogP contribution in [0.1, 0.15) is 22.3 Å². The first kappa shape index (κ1) is 39.0. The highest BCUT2D eigenvalue weighted by Crippen LogP contribution is 2.67. The highest BCUT2D eigenvalue weighted by Gasteiger charge is 2.55. The van der Waals surface area contributed by atoms with Gasteiger partial charge in [-0.15, -0.1) is 0 Å². The van der Waals surface area contributed by atoms with E-state index in [-0.39, 0.29) is 0 Å². The van der Waals surface area contributed by atoms with E-state index in [1.807, 2.05) is 36.4 Å². The Bertz CT molecular complexity index is 3550. The lowest BCUT2D eigenvalue weighted by Gasteiger charge is -2.33. The van der Waals surface area contributed by atoms with Crippen LogP contribution in [0.3, 0.4) is 0 Å². The van der Waals surface area contributed by atoms with Crippen molar-refractivity contribution in [1.82, 2.24) is 9.97 Å². The van der Waals surface area contributed by atoms with Gasteiger partial charge >= 0.3 is 0 Å². The Morgan fingerprint density at radius 2 is 0.623 bits per heavy atom. The van der Waals surface area contributed by atoms with E-state index in [1.54, 1.807) is 0 Å². The minimum Gasteiger partial charge on any atom is -0.435 e. The lowest BCUT2D eigenvalue weighted by molar-refractivity contribution is 0.616. The Hall–Kier alpha value is -9.26. The van der Waals surface area contributed by atoms with Crippen LogP contribution in [0, 0.1) is 0 Å². The summed E-state index contributed by atoms with van der Waals surface area (Å²) in [6.45, 7) is 0. The molecule has 6 heteroatoms. The van der Waals surface area contributed by atoms with Crippen LogP contribution in [0.5, 0.6) is 0 Å². The lowest BCUT2D eigenvalue weighted by Crippen LogP contribution is -2.26. The Balaban J connectivity index is 1.20. The van der Waals surface area contributed by atoms with Crippen molar-refractivity contribution in [3.63, 3.8) is 0 Å². The summed E-state index contributed by atoms with van der Waals surface area (Å²) in [5.41, 5.74) is 18.3. The van der Waals surface area contributed by atoms with Crippen molar-refractivity contribution in [2.75, 3.05) is 9.80 Å². The van der Waals surface area contributed by atoms with Gasteiger partial charge in [0, 0.05) is 45.0 Å². The molecule has 0 amide bonds. The number of hydrogen-bond donors (Lipinski definition) is 0. The highest BCUT2D eigenvalue weighted by atomic mass is 16.4. The number of oxazole rings is 2. The van der Waals surface area contributed by atoms with Crippen molar-refractivity contribution < 1.29 is 8.83 Å². The molecule has 1 spiro atoms. The quantitative estimate of drug-likeness (QED) is 0.152. The summed E-state index contributed by atoms with van der Waals surface area (Å²) < 4.78 is 14.7. The molecule has 12 aromatic rings. The van der Waals surface area contributed by atoms with Crippen LogP contribution < -0.4 is 9.80 Å². The van der Waals surface area contributed by atoms with Crippen LogP contribution >= 0.6 is 0 Å². The number of aromatic nitrogens is 2. The molecule has 0 atom stereocenters. The van der Waals surface area contributed by atoms with Crippen LogP contribution in [-0.2, 0) is 5.41 Å². The highest BCUT2D eigenvalue weighted by molar-refractivity contribution is 6.16. The molecule has 0 saturated carbocycles. The van der Waals surface area contributed by atoms with Gasteiger partial charge in [0.25, 0.3) is 0 Å². The summed E-state index contributed by atoms with van der Waals surface area (Å²) in [6, 6.07) is 85.2. The number of benzene rings is 10. The Morgan fingerprint density at radius 3 is 0.971 bits per heavy atom. The van der Waals surface area contributed by atoms with Crippen LogP contribution in [0.25, 0.3) is 67.4 Å². The first-order valence-corrected chi connectivity index (χ1v) is 23.3. The molecule has 2 aliphatic rings. The minimum atomic E-state index is -0.846. The number of para-hydroxylation sites is 4. The third kappa shape index (κ3) is 5.79. The zero-order valence-electron chi connectivity index (χ0n) is 37.2. The van der Waals surface area contributed by atoms with Gasteiger partial charge in [-0.3, -0.25) is 0 Å². The molecule has 0 bridgehead atoms. The molecule has 2 aliphatic carbocycles. The fourth-order valence-electron chi connectivity index (χ4n) is 11.1. The van der Waals surface area contributed by atoms with E-state index < -0.39 is 5.41 Å². The maximum absolute atomic E-state index is 7.34. The van der Waals surface area contributed by atoms with E-state index in [0.29, 0.717) is 22.9 Å². The maximum Gasteiger partial charge on any atom is 0.227 e. The molecule has 0 N–H and O–H groups in total. The summed E-state index contributed by atoms with van der Waals surface area (Å²) >= 11 is 0. The number of anilines is 6. The van der Waals surface area contributed by atoms with Crippen LogP contribution in [0.4, 0.5) is 34.1 Å². The molecule has 14 rings (SSSR count). The van der Waals surface area contributed by atoms with E-state index in [0.717, 1.165) is 78.5 Å². The number of fused-ring (bicyclic) bond motifs is 14. The van der Waals surface area contributed by atoms with E-state index in [4.69, 9.17) is 18.8 Å². The molecule has 0 radical (unpaired) electrons. The van der Waals surface area contributed by atoms with Crippen LogP contribution in [0.2, 0.25) is 0 Å². The van der Waals surface area contributed by atoms with E-state index >= 15 is 0 Å². The second kappa shape index (κ2) is 15.4. The smallest absolute Gasteiger partial charge is 0.227 e. The van der Waals surface area contributed by atoms with Gasteiger partial charge in [-0.25, -0.2) is 9.97 Å². The van der Waals surface area contributed by atoms with Gasteiger partial charge in [-0.05, 0) is 118 Å². The maximum atomic E-state index is 7.34. The first-order valence-electron chi connectivity index (χ1n) is 23.3. The largest absolute Gasteiger partial charge is 0.435 e. The van der Waals surface area contributed by atoms with Crippen LogP contribution in [-0.4, -0.2) is 9.97 Å². The molecule has 0 unspecified atom stereocenters. The molecule has 2 heterocycles. The summed E-state index contributed by atoms with van der Waals surface area (Å²) in [5, 5.41) is 0. The van der Waals surface area contributed by atoms with E-state index in [9.17, 15) is 0 Å². The molecule has 2 aromatic heterocycles. The molecule has 0 fully saturated rings. The Labute approximate surface area is 398 Å². The van der Waals surface area contributed by atoms with Gasteiger partial charge in [-0.1, -0.05) is 158 Å². The third-order valence-corrected chi connectivity index (χ3v) is 13.9. The van der Waals surface area contributed by atoms with E-state index in [1.165, 1.54) is 22.3 Å². The van der Waals surface area contributed by atoms with Gasteiger partial charge in [-0.2, -0.15) is 0 Å². The van der Waals surface area contributed by atoms with Gasteiger partial charge in [0.1, 0.15) is 11.0 Å². The predicted molar refractivity (Wildman–Crippen MR) is 278 cm³/mol. The predicted octanol–water partition coefficient (Wildman–Crippen LogP) is 16.6. The Kier molecular flexibility index (Phi) is 8.70. The summed E-state index contributed by atoms with van der Waals surface area (Å²) in [5.74, 6) is 1.07. The fraction of sp³-hybridized carbons (Fsp3) is 0.0159. The van der Waals surface area contributed by atoms with Crippen molar-refractivity contribution in [1.29, 1.82) is 0 Å². The van der Waals surface area contributed by atoms with Crippen molar-refractivity contribution in [2.24, 2.45) is 0 Å². The second-order valence-corrected chi connectivity index (χ2v) is 17.6. The normalized spacial score (nSPS) is 12.8. The van der Waals surface area contributed by atoms with Gasteiger partial charge in [0.2, 0.25) is 11.8 Å². The van der Waals surface area contributed by atoms with E-state index in [2.05, 4.69) is 216 Å². The number of nitrogens with zero attached hydrogens (tertiary/aromatic N) is 4. The topological polar surface area (TPSA) is 58.5 Å². The number of hydrogen-bond acceptors (Lipinski definition) is 6. The monoisotopic (exact) mass is 884 g/mol. The molecule has 324 valence electrons. The zero-order chi connectivity index (χ0) is 45.5. The SMILES string of the molecule is c1ccc(-c2nc3c(N(c4ccccc4)c4ccccc4)cc4c(c3o2)-c2c(cc(N(c3ccccc3)c3ccccc3)c3nc(-c5ccccc5)oc23)C42c3ccccc3-c3ccccc32)cc1. The lowest BCUT2D eigenvalue weighted by atomic mass is 9.70. The Morgan fingerprint density at radius 1 is 0.319 bits per heavy atom. The van der Waals surface area contributed by atoms with Crippen molar-refractivity contribution >= 4 is 56.3 Å². The zero-order valence-corrected chi connectivity index (χ0v) is 37.2. The molecule has 0 saturated heterocycles.